The van der Waals surface area contributed by atoms with E-state index < -0.39 is 12.6 Å². The molecule has 2 aromatic carbocycles. The first-order valence-corrected chi connectivity index (χ1v) is 7.10. The Morgan fingerprint density at radius 2 is 2.00 bits per heavy atom. The number of carboxylic acid groups (broad SMARTS) is 1. The van der Waals surface area contributed by atoms with Crippen molar-refractivity contribution >= 4 is 5.97 Å². The maximum Gasteiger partial charge on any atom is 0.341 e. The average Bonchev–Trinajstić information content (AvgIpc) is 2.53. The van der Waals surface area contributed by atoms with Crippen molar-refractivity contribution in [2.45, 2.75) is 18.6 Å². The molecular weight excluding hydrogens is 282 g/mol. The first-order chi connectivity index (χ1) is 10.6. The molecule has 22 heavy (non-hydrogen) atoms. The predicted octanol–water partition coefficient (Wildman–Crippen LogP) is 2.67. The molecule has 5 nitrogen and oxygen atoms in total. The van der Waals surface area contributed by atoms with Gasteiger partial charge in [0.15, 0.2) is 18.1 Å². The minimum atomic E-state index is -1.03. The summed E-state index contributed by atoms with van der Waals surface area (Å²) in [5.74, 6) is -0.0790. The van der Waals surface area contributed by atoms with Gasteiger partial charge in [-0.25, -0.2) is 4.79 Å². The molecule has 1 aliphatic heterocycles. The van der Waals surface area contributed by atoms with Gasteiger partial charge in [-0.3, -0.25) is 0 Å². The number of carbonyl (C=O) groups is 1. The number of para-hydroxylation sites is 1. The molecule has 3 rings (SSSR count). The van der Waals surface area contributed by atoms with Gasteiger partial charge >= 0.3 is 5.97 Å². The van der Waals surface area contributed by atoms with E-state index in [2.05, 4.69) is 0 Å². The molecule has 0 amide bonds. The van der Waals surface area contributed by atoms with Crippen LogP contribution in [-0.2, 0) is 4.79 Å². The monoisotopic (exact) mass is 299 g/mol. The maximum atomic E-state index is 10.7. The smallest absolute Gasteiger partial charge is 0.341 e. The van der Waals surface area contributed by atoms with Crippen LogP contribution in [0.2, 0.25) is 0 Å². The maximum absolute atomic E-state index is 10.7. The fourth-order valence-corrected chi connectivity index (χ4v) is 2.62. The molecule has 0 saturated heterocycles. The highest BCUT2D eigenvalue weighted by Crippen LogP contribution is 2.44. The van der Waals surface area contributed by atoms with E-state index in [1.165, 1.54) is 0 Å². The minimum absolute atomic E-state index is 0.168. The van der Waals surface area contributed by atoms with Gasteiger partial charge in [-0.15, -0.1) is 0 Å². The Hall–Kier alpha value is -2.53. The van der Waals surface area contributed by atoms with Gasteiger partial charge in [0.2, 0.25) is 0 Å². The third-order valence-corrected chi connectivity index (χ3v) is 3.66. The standard InChI is InChI=1S/C17H17NO4/c18-13-9-15(11-5-2-1-3-6-11)22-17-12(13)7-4-8-14(17)21-10-16(19)20/h1-8,13,15H,9-10,18H2,(H,19,20). The van der Waals surface area contributed by atoms with Crippen molar-refractivity contribution < 1.29 is 19.4 Å². The summed E-state index contributed by atoms with van der Waals surface area (Å²) in [6, 6.07) is 15.0. The molecule has 0 fully saturated rings. The van der Waals surface area contributed by atoms with Gasteiger partial charge in [-0.05, 0) is 11.6 Å². The molecule has 0 aliphatic carbocycles. The van der Waals surface area contributed by atoms with E-state index in [4.69, 9.17) is 20.3 Å². The second-order valence-corrected chi connectivity index (χ2v) is 5.22. The van der Waals surface area contributed by atoms with Crippen LogP contribution in [0.4, 0.5) is 0 Å². The summed E-state index contributed by atoms with van der Waals surface area (Å²) in [4.78, 5) is 10.7. The van der Waals surface area contributed by atoms with Crippen molar-refractivity contribution in [1.29, 1.82) is 0 Å². The van der Waals surface area contributed by atoms with E-state index in [9.17, 15) is 4.79 Å². The first kappa shape index (κ1) is 14.4. The summed E-state index contributed by atoms with van der Waals surface area (Å²) in [5, 5.41) is 8.77. The van der Waals surface area contributed by atoms with Gasteiger partial charge in [-0.2, -0.15) is 0 Å². The summed E-state index contributed by atoms with van der Waals surface area (Å²) in [5.41, 5.74) is 8.13. The lowest BCUT2D eigenvalue weighted by Gasteiger charge is -2.31. The van der Waals surface area contributed by atoms with Gasteiger partial charge in [-0.1, -0.05) is 42.5 Å². The second kappa shape index (κ2) is 6.07. The first-order valence-electron chi connectivity index (χ1n) is 7.10. The van der Waals surface area contributed by atoms with E-state index in [0.29, 0.717) is 17.9 Å². The molecule has 1 aliphatic rings. The zero-order valence-electron chi connectivity index (χ0n) is 11.9. The number of aliphatic carboxylic acids is 1. The second-order valence-electron chi connectivity index (χ2n) is 5.22. The highest BCUT2D eigenvalue weighted by atomic mass is 16.5. The van der Waals surface area contributed by atoms with Crippen molar-refractivity contribution in [1.82, 2.24) is 0 Å². The minimum Gasteiger partial charge on any atom is -0.481 e. The van der Waals surface area contributed by atoms with Crippen molar-refractivity contribution in [2.24, 2.45) is 5.73 Å². The number of fused-ring (bicyclic) bond motifs is 1. The van der Waals surface area contributed by atoms with Gasteiger partial charge < -0.3 is 20.3 Å². The van der Waals surface area contributed by atoms with Crippen LogP contribution in [0.3, 0.4) is 0 Å². The van der Waals surface area contributed by atoms with Crippen molar-refractivity contribution in [3.8, 4) is 11.5 Å². The van der Waals surface area contributed by atoms with Gasteiger partial charge in [0.25, 0.3) is 0 Å². The SMILES string of the molecule is NC1CC(c2ccccc2)Oc2c(OCC(=O)O)cccc21. The number of hydrogen-bond acceptors (Lipinski definition) is 4. The molecule has 2 aromatic rings. The predicted molar refractivity (Wildman–Crippen MR) is 80.9 cm³/mol. The molecule has 3 N–H and O–H groups in total. The summed E-state index contributed by atoms with van der Waals surface area (Å²) >= 11 is 0. The third-order valence-electron chi connectivity index (χ3n) is 3.66. The Kier molecular flexibility index (Phi) is 3.98. The Balaban J connectivity index is 1.91. The zero-order chi connectivity index (χ0) is 15.5. The number of benzene rings is 2. The molecule has 0 spiro atoms. The lowest BCUT2D eigenvalue weighted by Crippen LogP contribution is -2.24. The average molecular weight is 299 g/mol. The number of ether oxygens (including phenoxy) is 2. The van der Waals surface area contributed by atoms with Crippen LogP contribution in [0, 0.1) is 0 Å². The zero-order valence-corrected chi connectivity index (χ0v) is 11.9. The highest BCUT2D eigenvalue weighted by Gasteiger charge is 2.29. The summed E-state index contributed by atoms with van der Waals surface area (Å²) in [6.45, 7) is -0.412. The van der Waals surface area contributed by atoms with Crippen LogP contribution < -0.4 is 15.2 Å². The Morgan fingerprint density at radius 1 is 1.23 bits per heavy atom. The largest absolute Gasteiger partial charge is 0.481 e. The van der Waals surface area contributed by atoms with E-state index in [-0.39, 0.29) is 12.1 Å². The topological polar surface area (TPSA) is 81.8 Å². The van der Waals surface area contributed by atoms with Gasteiger partial charge in [0.1, 0.15) is 6.10 Å². The lowest BCUT2D eigenvalue weighted by molar-refractivity contribution is -0.139. The molecule has 0 radical (unpaired) electrons. The van der Waals surface area contributed by atoms with Crippen LogP contribution in [-0.4, -0.2) is 17.7 Å². The molecule has 2 atom stereocenters. The molecule has 0 saturated carbocycles. The number of rotatable bonds is 4. The number of carboxylic acids is 1. The van der Waals surface area contributed by atoms with Crippen LogP contribution in [0.5, 0.6) is 11.5 Å². The normalized spacial score (nSPS) is 19.9. The van der Waals surface area contributed by atoms with Crippen molar-refractivity contribution in [3.63, 3.8) is 0 Å². The summed E-state index contributed by atoms with van der Waals surface area (Å²) < 4.78 is 11.4. The third kappa shape index (κ3) is 2.89. The fourth-order valence-electron chi connectivity index (χ4n) is 2.62. The molecule has 114 valence electrons. The van der Waals surface area contributed by atoms with Crippen molar-refractivity contribution in [2.75, 3.05) is 6.61 Å². The van der Waals surface area contributed by atoms with Crippen LogP contribution in [0.15, 0.2) is 48.5 Å². The molecule has 0 bridgehead atoms. The Bertz CT molecular complexity index is 672. The highest BCUT2D eigenvalue weighted by molar-refractivity contribution is 5.68. The summed E-state index contributed by atoms with van der Waals surface area (Å²) in [7, 11) is 0. The molecule has 2 unspecified atom stereocenters. The van der Waals surface area contributed by atoms with Crippen LogP contribution in [0.25, 0.3) is 0 Å². The molecule has 1 heterocycles. The fraction of sp³-hybridized carbons (Fsp3) is 0.235. The lowest BCUT2D eigenvalue weighted by atomic mass is 9.93. The quantitative estimate of drug-likeness (QED) is 0.907. The van der Waals surface area contributed by atoms with Crippen LogP contribution in [0.1, 0.15) is 29.7 Å². The van der Waals surface area contributed by atoms with E-state index in [1.54, 1.807) is 12.1 Å². The Labute approximate surface area is 128 Å². The van der Waals surface area contributed by atoms with Crippen LogP contribution >= 0.6 is 0 Å². The van der Waals surface area contributed by atoms with Crippen molar-refractivity contribution in [3.05, 3.63) is 59.7 Å². The van der Waals surface area contributed by atoms with E-state index in [0.717, 1.165) is 11.1 Å². The Morgan fingerprint density at radius 3 is 2.73 bits per heavy atom. The van der Waals surface area contributed by atoms with Gasteiger partial charge in [0.05, 0.1) is 0 Å². The van der Waals surface area contributed by atoms with E-state index in [1.807, 2.05) is 36.4 Å². The molecular formula is C17H17NO4. The summed E-state index contributed by atoms with van der Waals surface area (Å²) in [6.07, 6.45) is 0.498. The molecule has 5 heteroatoms. The molecule has 0 aromatic heterocycles. The number of nitrogens with two attached hydrogens (primary N) is 1. The van der Waals surface area contributed by atoms with Gasteiger partial charge in [0, 0.05) is 18.0 Å². The number of hydrogen-bond donors (Lipinski definition) is 2. The van der Waals surface area contributed by atoms with E-state index >= 15 is 0 Å².